The molecule has 1 aliphatic carbocycles. The Labute approximate surface area is 113 Å². The summed E-state index contributed by atoms with van der Waals surface area (Å²) in [4.78, 5) is 8.52. The Morgan fingerprint density at radius 1 is 1.26 bits per heavy atom. The zero-order chi connectivity index (χ0) is 13.2. The fourth-order valence-corrected chi connectivity index (χ4v) is 2.79. The van der Waals surface area contributed by atoms with Gasteiger partial charge in [0.05, 0.1) is 10.9 Å². The van der Waals surface area contributed by atoms with Crippen LogP contribution in [-0.4, -0.2) is 16.1 Å². The Hall–Kier alpha value is -1.84. The summed E-state index contributed by atoms with van der Waals surface area (Å²) in [5.41, 5.74) is 7.33. The molecule has 1 fully saturated rings. The van der Waals surface area contributed by atoms with Gasteiger partial charge in [-0.25, -0.2) is 9.97 Å². The second-order valence-electron chi connectivity index (χ2n) is 5.47. The topological polar surface area (TPSA) is 61.0 Å². The van der Waals surface area contributed by atoms with Gasteiger partial charge >= 0.3 is 0 Å². The van der Waals surface area contributed by atoms with Crippen molar-refractivity contribution in [3.8, 4) is 5.88 Å². The molecule has 0 saturated heterocycles. The molecule has 0 bridgehead atoms. The van der Waals surface area contributed by atoms with Crippen molar-refractivity contribution in [3.05, 3.63) is 24.5 Å². The van der Waals surface area contributed by atoms with Crippen molar-refractivity contribution in [2.45, 2.75) is 38.7 Å². The minimum Gasteiger partial charge on any atom is -0.474 e. The van der Waals surface area contributed by atoms with Crippen molar-refractivity contribution in [1.29, 1.82) is 0 Å². The van der Waals surface area contributed by atoms with Gasteiger partial charge in [-0.2, -0.15) is 0 Å². The maximum Gasteiger partial charge on any atom is 0.224 e. The summed E-state index contributed by atoms with van der Waals surface area (Å²) in [6.07, 6.45) is 6.59. The molecule has 100 valence electrons. The second-order valence-corrected chi connectivity index (χ2v) is 5.47. The Morgan fingerprint density at radius 2 is 2.16 bits per heavy atom. The number of nitrogens with two attached hydrogens (primary N) is 1. The summed E-state index contributed by atoms with van der Waals surface area (Å²) in [7, 11) is 0. The van der Waals surface area contributed by atoms with Crippen molar-refractivity contribution in [1.82, 2.24) is 9.97 Å². The molecule has 0 amide bonds. The standard InChI is InChI=1S/C15H19N3O/c1-10-3-2-4-12(7-10)19-15-13-6-5-11(16)8-14(13)17-9-18-15/h5-6,8-10,12H,2-4,7,16H2,1H3. The van der Waals surface area contributed by atoms with E-state index in [4.69, 9.17) is 10.5 Å². The molecule has 2 unspecified atom stereocenters. The minimum absolute atomic E-state index is 0.277. The SMILES string of the molecule is CC1CCCC(Oc2ncnc3cc(N)ccc23)C1. The molecular formula is C15H19N3O. The number of nitrogen functional groups attached to an aromatic ring is 1. The number of ether oxygens (including phenoxy) is 1. The molecule has 19 heavy (non-hydrogen) atoms. The summed E-state index contributed by atoms with van der Waals surface area (Å²) in [6, 6.07) is 5.65. The average Bonchev–Trinajstić information content (AvgIpc) is 2.38. The van der Waals surface area contributed by atoms with Crippen LogP contribution in [0.15, 0.2) is 24.5 Å². The first kappa shape index (κ1) is 12.2. The molecule has 0 spiro atoms. The van der Waals surface area contributed by atoms with Crippen LogP contribution in [0.1, 0.15) is 32.6 Å². The van der Waals surface area contributed by atoms with Crippen LogP contribution < -0.4 is 10.5 Å². The largest absolute Gasteiger partial charge is 0.474 e. The van der Waals surface area contributed by atoms with Crippen LogP contribution in [-0.2, 0) is 0 Å². The van der Waals surface area contributed by atoms with E-state index in [1.54, 1.807) is 6.33 Å². The minimum atomic E-state index is 0.277. The maximum atomic E-state index is 6.09. The summed E-state index contributed by atoms with van der Waals surface area (Å²) >= 11 is 0. The van der Waals surface area contributed by atoms with E-state index < -0.39 is 0 Å². The second kappa shape index (κ2) is 5.03. The lowest BCUT2D eigenvalue weighted by Gasteiger charge is -2.27. The maximum absolute atomic E-state index is 6.09. The van der Waals surface area contributed by atoms with E-state index in [1.807, 2.05) is 18.2 Å². The van der Waals surface area contributed by atoms with Gasteiger partial charge < -0.3 is 10.5 Å². The quantitative estimate of drug-likeness (QED) is 0.839. The molecule has 1 heterocycles. The van der Waals surface area contributed by atoms with E-state index in [9.17, 15) is 0 Å². The molecule has 1 saturated carbocycles. The van der Waals surface area contributed by atoms with Crippen molar-refractivity contribution in [2.24, 2.45) is 5.92 Å². The predicted molar refractivity (Wildman–Crippen MR) is 76.0 cm³/mol. The van der Waals surface area contributed by atoms with E-state index in [1.165, 1.54) is 12.8 Å². The zero-order valence-corrected chi connectivity index (χ0v) is 11.2. The number of anilines is 1. The lowest BCUT2D eigenvalue weighted by atomic mass is 9.89. The number of hydrogen-bond donors (Lipinski definition) is 1. The normalized spacial score (nSPS) is 23.4. The van der Waals surface area contributed by atoms with E-state index in [-0.39, 0.29) is 6.10 Å². The lowest BCUT2D eigenvalue weighted by Crippen LogP contribution is -2.24. The highest BCUT2D eigenvalue weighted by molar-refractivity contribution is 5.85. The number of rotatable bonds is 2. The van der Waals surface area contributed by atoms with Gasteiger partial charge in [0, 0.05) is 5.69 Å². The highest BCUT2D eigenvalue weighted by Gasteiger charge is 2.21. The Kier molecular flexibility index (Phi) is 3.23. The molecule has 2 N–H and O–H groups in total. The molecule has 1 aliphatic rings. The average molecular weight is 257 g/mol. The molecule has 0 aliphatic heterocycles. The summed E-state index contributed by atoms with van der Waals surface area (Å²) in [6.45, 7) is 2.29. The summed E-state index contributed by atoms with van der Waals surface area (Å²) in [5, 5.41) is 0.940. The first-order valence-electron chi connectivity index (χ1n) is 6.89. The number of aromatic nitrogens is 2. The van der Waals surface area contributed by atoms with Gasteiger partial charge in [-0.1, -0.05) is 13.3 Å². The van der Waals surface area contributed by atoms with Gasteiger partial charge in [0.1, 0.15) is 12.4 Å². The van der Waals surface area contributed by atoms with Crippen molar-refractivity contribution < 1.29 is 4.74 Å². The summed E-state index contributed by atoms with van der Waals surface area (Å²) in [5.74, 6) is 1.42. The molecule has 4 nitrogen and oxygen atoms in total. The Bertz CT molecular complexity index is 585. The van der Waals surface area contributed by atoms with Gasteiger partial charge in [0.2, 0.25) is 5.88 Å². The third-order valence-electron chi connectivity index (χ3n) is 3.79. The first-order valence-corrected chi connectivity index (χ1v) is 6.89. The molecule has 2 aromatic rings. The van der Waals surface area contributed by atoms with E-state index in [2.05, 4.69) is 16.9 Å². The highest BCUT2D eigenvalue weighted by Crippen LogP contribution is 2.29. The van der Waals surface area contributed by atoms with Crippen LogP contribution in [0, 0.1) is 5.92 Å². The fraction of sp³-hybridized carbons (Fsp3) is 0.467. The molecule has 1 aromatic heterocycles. The van der Waals surface area contributed by atoms with Gasteiger partial charge in [0.15, 0.2) is 0 Å². The molecular weight excluding hydrogens is 238 g/mol. The van der Waals surface area contributed by atoms with Crippen LogP contribution in [0.5, 0.6) is 5.88 Å². The smallest absolute Gasteiger partial charge is 0.224 e. The van der Waals surface area contributed by atoms with Gasteiger partial charge in [-0.15, -0.1) is 0 Å². The number of fused-ring (bicyclic) bond motifs is 1. The van der Waals surface area contributed by atoms with Crippen LogP contribution in [0.4, 0.5) is 5.69 Å². The molecule has 1 aromatic carbocycles. The molecule has 3 rings (SSSR count). The molecule has 0 radical (unpaired) electrons. The Balaban J connectivity index is 1.88. The number of hydrogen-bond acceptors (Lipinski definition) is 4. The van der Waals surface area contributed by atoms with Crippen LogP contribution >= 0.6 is 0 Å². The van der Waals surface area contributed by atoms with Crippen molar-refractivity contribution in [3.63, 3.8) is 0 Å². The number of nitrogens with zero attached hydrogens (tertiary/aromatic N) is 2. The van der Waals surface area contributed by atoms with Crippen LogP contribution in [0.25, 0.3) is 10.9 Å². The van der Waals surface area contributed by atoms with Crippen LogP contribution in [0.2, 0.25) is 0 Å². The van der Waals surface area contributed by atoms with Gasteiger partial charge in [0.25, 0.3) is 0 Å². The fourth-order valence-electron chi connectivity index (χ4n) is 2.79. The zero-order valence-electron chi connectivity index (χ0n) is 11.2. The van der Waals surface area contributed by atoms with Crippen molar-refractivity contribution in [2.75, 3.05) is 5.73 Å². The predicted octanol–water partition coefficient (Wildman–Crippen LogP) is 3.17. The highest BCUT2D eigenvalue weighted by atomic mass is 16.5. The monoisotopic (exact) mass is 257 g/mol. The third-order valence-corrected chi connectivity index (χ3v) is 3.79. The first-order chi connectivity index (χ1) is 9.22. The lowest BCUT2D eigenvalue weighted by molar-refractivity contribution is 0.125. The van der Waals surface area contributed by atoms with E-state index in [0.29, 0.717) is 11.6 Å². The van der Waals surface area contributed by atoms with E-state index >= 15 is 0 Å². The summed E-state index contributed by atoms with van der Waals surface area (Å²) < 4.78 is 6.09. The Morgan fingerprint density at radius 3 is 3.00 bits per heavy atom. The van der Waals surface area contributed by atoms with E-state index in [0.717, 1.165) is 29.7 Å². The third kappa shape index (κ3) is 2.62. The van der Waals surface area contributed by atoms with Crippen LogP contribution in [0.3, 0.4) is 0 Å². The van der Waals surface area contributed by atoms with Gasteiger partial charge in [-0.3, -0.25) is 0 Å². The number of benzene rings is 1. The molecule has 4 heteroatoms. The van der Waals surface area contributed by atoms with Crippen molar-refractivity contribution >= 4 is 16.6 Å². The molecule has 2 atom stereocenters. The van der Waals surface area contributed by atoms with Gasteiger partial charge in [-0.05, 0) is 43.4 Å².